The van der Waals surface area contributed by atoms with Crippen LogP contribution in [-0.2, 0) is 13.6 Å². The van der Waals surface area contributed by atoms with E-state index in [1.165, 1.54) is 0 Å². The number of benzene rings is 1. The highest BCUT2D eigenvalue weighted by molar-refractivity contribution is 6.30. The number of aryl methyl sites for hydroxylation is 1. The van der Waals surface area contributed by atoms with Gasteiger partial charge in [0, 0.05) is 31.3 Å². The molecule has 0 spiro atoms. The van der Waals surface area contributed by atoms with Gasteiger partial charge in [-0.1, -0.05) is 54.8 Å². The van der Waals surface area contributed by atoms with Crippen molar-refractivity contribution in [2.75, 3.05) is 6.54 Å². The molecule has 118 valence electrons. The molecule has 5 heteroatoms. The van der Waals surface area contributed by atoms with Crippen molar-refractivity contribution >= 4 is 11.6 Å². The first kappa shape index (κ1) is 15.5. The highest BCUT2D eigenvalue weighted by Crippen LogP contribution is 2.30. The van der Waals surface area contributed by atoms with Crippen LogP contribution in [0, 0.1) is 0 Å². The molecule has 1 saturated carbocycles. The van der Waals surface area contributed by atoms with Gasteiger partial charge < -0.3 is 10.4 Å². The topological polar surface area (TPSA) is 50.1 Å². The Morgan fingerprint density at radius 1 is 1.27 bits per heavy atom. The molecule has 0 atom stereocenters. The summed E-state index contributed by atoms with van der Waals surface area (Å²) in [5.41, 5.74) is 2.39. The summed E-state index contributed by atoms with van der Waals surface area (Å²) in [5, 5.41) is 18.9. The van der Waals surface area contributed by atoms with Gasteiger partial charge in [0.2, 0.25) is 0 Å². The average molecular weight is 320 g/mol. The molecule has 22 heavy (non-hydrogen) atoms. The molecular weight excluding hydrogens is 298 g/mol. The van der Waals surface area contributed by atoms with E-state index in [0.717, 1.165) is 42.5 Å². The molecule has 1 fully saturated rings. The molecule has 1 heterocycles. The molecule has 1 aliphatic rings. The van der Waals surface area contributed by atoms with Crippen LogP contribution in [0.2, 0.25) is 5.15 Å². The lowest BCUT2D eigenvalue weighted by molar-refractivity contribution is 0.0475. The maximum Gasteiger partial charge on any atom is 0.131 e. The first-order valence-electron chi connectivity index (χ1n) is 7.79. The lowest BCUT2D eigenvalue weighted by atomic mass is 10.0. The number of halogens is 1. The van der Waals surface area contributed by atoms with Crippen molar-refractivity contribution in [1.82, 2.24) is 15.1 Å². The van der Waals surface area contributed by atoms with E-state index >= 15 is 0 Å². The van der Waals surface area contributed by atoms with Crippen LogP contribution in [-0.4, -0.2) is 27.0 Å². The fourth-order valence-corrected chi connectivity index (χ4v) is 3.36. The largest absolute Gasteiger partial charge is 0.389 e. The van der Waals surface area contributed by atoms with E-state index in [1.807, 2.05) is 37.4 Å². The summed E-state index contributed by atoms with van der Waals surface area (Å²) in [6.45, 7) is 1.21. The van der Waals surface area contributed by atoms with Crippen LogP contribution < -0.4 is 5.32 Å². The van der Waals surface area contributed by atoms with Crippen LogP contribution in [0.1, 0.15) is 31.2 Å². The molecule has 0 aliphatic heterocycles. The monoisotopic (exact) mass is 319 g/mol. The van der Waals surface area contributed by atoms with Gasteiger partial charge in [0.05, 0.1) is 11.3 Å². The quantitative estimate of drug-likeness (QED) is 0.890. The number of nitrogens with one attached hydrogen (secondary N) is 1. The predicted octanol–water partition coefficient (Wildman–Crippen LogP) is 3.14. The van der Waals surface area contributed by atoms with Crippen molar-refractivity contribution < 1.29 is 5.11 Å². The van der Waals surface area contributed by atoms with Crippen molar-refractivity contribution in [2.45, 2.75) is 37.8 Å². The Labute approximate surface area is 136 Å². The van der Waals surface area contributed by atoms with Gasteiger partial charge in [0.15, 0.2) is 0 Å². The summed E-state index contributed by atoms with van der Waals surface area (Å²) < 4.78 is 1.70. The van der Waals surface area contributed by atoms with E-state index in [1.54, 1.807) is 4.68 Å². The number of hydrogen-bond donors (Lipinski definition) is 2. The van der Waals surface area contributed by atoms with E-state index in [0.29, 0.717) is 18.2 Å². The zero-order valence-electron chi connectivity index (χ0n) is 12.8. The molecule has 2 N–H and O–H groups in total. The minimum Gasteiger partial charge on any atom is -0.389 e. The SMILES string of the molecule is Cn1nc(-c2ccccc2)c(CNCC2(O)CCCC2)c1Cl. The molecule has 3 rings (SSSR count). The van der Waals surface area contributed by atoms with Gasteiger partial charge >= 0.3 is 0 Å². The van der Waals surface area contributed by atoms with E-state index in [4.69, 9.17) is 11.6 Å². The summed E-state index contributed by atoms with van der Waals surface area (Å²) in [6, 6.07) is 10.0. The lowest BCUT2D eigenvalue weighted by Gasteiger charge is -2.22. The standard InChI is InChI=1S/C17H22ClN3O/c1-21-16(18)14(11-19-12-17(22)9-5-6-10-17)15(20-21)13-7-3-2-4-8-13/h2-4,7-8,19,22H,5-6,9-12H2,1H3. The van der Waals surface area contributed by atoms with Gasteiger partial charge in [0.1, 0.15) is 5.15 Å². The minimum absolute atomic E-state index is 0.554. The molecule has 1 aromatic carbocycles. The Morgan fingerprint density at radius 2 is 1.95 bits per heavy atom. The zero-order chi connectivity index (χ0) is 15.6. The zero-order valence-corrected chi connectivity index (χ0v) is 13.6. The Hall–Kier alpha value is -1.36. The van der Waals surface area contributed by atoms with E-state index in [-0.39, 0.29) is 0 Å². The van der Waals surface area contributed by atoms with E-state index < -0.39 is 5.60 Å². The van der Waals surface area contributed by atoms with Crippen LogP contribution >= 0.6 is 11.6 Å². The van der Waals surface area contributed by atoms with E-state index in [9.17, 15) is 5.11 Å². The summed E-state index contributed by atoms with van der Waals surface area (Å²) in [7, 11) is 1.85. The maximum absolute atomic E-state index is 10.4. The molecule has 1 aliphatic carbocycles. The molecule has 0 radical (unpaired) electrons. The third kappa shape index (κ3) is 3.19. The Kier molecular flexibility index (Phi) is 4.52. The van der Waals surface area contributed by atoms with Crippen molar-refractivity contribution in [2.24, 2.45) is 7.05 Å². The van der Waals surface area contributed by atoms with Gasteiger partial charge in [-0.2, -0.15) is 5.10 Å². The second-order valence-corrected chi connectivity index (χ2v) is 6.50. The average Bonchev–Trinajstić information content (AvgIpc) is 3.07. The summed E-state index contributed by atoms with van der Waals surface area (Å²) >= 11 is 6.39. The smallest absolute Gasteiger partial charge is 0.131 e. The van der Waals surface area contributed by atoms with Crippen molar-refractivity contribution in [1.29, 1.82) is 0 Å². The van der Waals surface area contributed by atoms with Crippen molar-refractivity contribution in [3.8, 4) is 11.3 Å². The fraction of sp³-hybridized carbons (Fsp3) is 0.471. The number of nitrogens with zero attached hydrogens (tertiary/aromatic N) is 2. The van der Waals surface area contributed by atoms with Crippen LogP contribution in [0.5, 0.6) is 0 Å². The van der Waals surface area contributed by atoms with Crippen LogP contribution in [0.25, 0.3) is 11.3 Å². The van der Waals surface area contributed by atoms with Gasteiger partial charge in [-0.25, -0.2) is 0 Å². The predicted molar refractivity (Wildman–Crippen MR) is 88.8 cm³/mol. The van der Waals surface area contributed by atoms with Crippen LogP contribution in [0.15, 0.2) is 30.3 Å². The lowest BCUT2D eigenvalue weighted by Crippen LogP contribution is -2.37. The van der Waals surface area contributed by atoms with Crippen LogP contribution in [0.3, 0.4) is 0 Å². The van der Waals surface area contributed by atoms with E-state index in [2.05, 4.69) is 10.4 Å². The number of rotatable bonds is 5. The molecular formula is C17H22ClN3O. The highest BCUT2D eigenvalue weighted by atomic mass is 35.5. The van der Waals surface area contributed by atoms with Gasteiger partial charge in [-0.05, 0) is 12.8 Å². The fourth-order valence-electron chi connectivity index (χ4n) is 3.16. The van der Waals surface area contributed by atoms with Gasteiger partial charge in [-0.15, -0.1) is 0 Å². The molecule has 0 amide bonds. The number of aliphatic hydroxyl groups is 1. The maximum atomic E-state index is 10.4. The second kappa shape index (κ2) is 6.41. The third-order valence-corrected chi connectivity index (χ3v) is 4.88. The first-order chi connectivity index (χ1) is 10.6. The molecule has 0 unspecified atom stereocenters. The molecule has 4 nitrogen and oxygen atoms in total. The number of aromatic nitrogens is 2. The molecule has 2 aromatic rings. The van der Waals surface area contributed by atoms with Crippen molar-refractivity contribution in [3.63, 3.8) is 0 Å². The normalized spacial score (nSPS) is 17.0. The molecule has 0 saturated heterocycles. The Balaban J connectivity index is 1.75. The molecule has 1 aromatic heterocycles. The van der Waals surface area contributed by atoms with Gasteiger partial charge in [0.25, 0.3) is 0 Å². The van der Waals surface area contributed by atoms with Crippen LogP contribution in [0.4, 0.5) is 0 Å². The molecule has 0 bridgehead atoms. The summed E-state index contributed by atoms with van der Waals surface area (Å²) in [4.78, 5) is 0. The summed E-state index contributed by atoms with van der Waals surface area (Å²) in [5.74, 6) is 0. The summed E-state index contributed by atoms with van der Waals surface area (Å²) in [6.07, 6.45) is 3.99. The second-order valence-electron chi connectivity index (χ2n) is 6.14. The Morgan fingerprint density at radius 3 is 2.64 bits per heavy atom. The number of hydrogen-bond acceptors (Lipinski definition) is 3. The Bertz CT molecular complexity index is 633. The minimum atomic E-state index is -0.554. The van der Waals surface area contributed by atoms with Crippen molar-refractivity contribution in [3.05, 3.63) is 41.0 Å². The highest BCUT2D eigenvalue weighted by Gasteiger charge is 2.30. The first-order valence-corrected chi connectivity index (χ1v) is 8.17. The third-order valence-electron chi connectivity index (χ3n) is 4.41. The van der Waals surface area contributed by atoms with Gasteiger partial charge in [-0.3, -0.25) is 4.68 Å².